The van der Waals surface area contributed by atoms with Crippen molar-refractivity contribution >= 4 is 0 Å². The Bertz CT molecular complexity index is 231. The molecule has 2 rings (SSSR count). The fourth-order valence-corrected chi connectivity index (χ4v) is 2.90. The van der Waals surface area contributed by atoms with Crippen LogP contribution in [-0.2, 0) is 0 Å². The summed E-state index contributed by atoms with van der Waals surface area (Å²) in [6.45, 7) is 4.62. The summed E-state index contributed by atoms with van der Waals surface area (Å²) in [6, 6.07) is -0.0799. The van der Waals surface area contributed by atoms with Crippen LogP contribution >= 0.6 is 0 Å². The molecule has 4 atom stereocenters. The van der Waals surface area contributed by atoms with Crippen molar-refractivity contribution in [1.82, 2.24) is 4.90 Å². The second-order valence-electron chi connectivity index (χ2n) is 5.18. The highest BCUT2D eigenvalue weighted by Crippen LogP contribution is 2.37. The Morgan fingerprint density at radius 1 is 1.21 bits per heavy atom. The minimum Gasteiger partial charge on any atom is -0.393 e. The quantitative estimate of drug-likeness (QED) is 0.486. The predicted octanol–water partition coefficient (Wildman–Crippen LogP) is -0.674. The summed E-state index contributed by atoms with van der Waals surface area (Å²) in [4.78, 5) is 2.12. The number of β-amino-alcohol motifs (C(OH)–C–C–N with tert-alkyl or cyclic N) is 1. The van der Waals surface area contributed by atoms with Gasteiger partial charge in [0, 0.05) is 18.1 Å². The zero-order chi connectivity index (χ0) is 10.5. The van der Waals surface area contributed by atoms with E-state index in [1.807, 2.05) is 13.8 Å². The molecule has 0 bridgehead atoms. The highest BCUT2D eigenvalue weighted by atomic mass is 16.3. The molecule has 0 unspecified atom stereocenters. The van der Waals surface area contributed by atoms with Crippen molar-refractivity contribution in [2.75, 3.05) is 6.54 Å². The van der Waals surface area contributed by atoms with E-state index in [0.717, 1.165) is 0 Å². The molecule has 0 aromatic rings. The third kappa shape index (κ3) is 1.46. The summed E-state index contributed by atoms with van der Waals surface area (Å²) in [5.74, 6) is 0. The molecule has 0 aromatic heterocycles. The van der Waals surface area contributed by atoms with E-state index in [1.165, 1.54) is 0 Å². The molecule has 14 heavy (non-hydrogen) atoms. The first kappa shape index (κ1) is 10.4. The maximum absolute atomic E-state index is 9.74. The van der Waals surface area contributed by atoms with Gasteiger partial charge in [0.1, 0.15) is 0 Å². The Morgan fingerprint density at radius 2 is 1.86 bits per heavy atom. The number of fused-ring (bicyclic) bond motifs is 1. The Morgan fingerprint density at radius 3 is 2.50 bits per heavy atom. The Kier molecular flexibility index (Phi) is 2.34. The average Bonchev–Trinajstić information content (AvgIpc) is 2.31. The van der Waals surface area contributed by atoms with Crippen LogP contribution in [-0.4, -0.2) is 56.7 Å². The number of rotatable bonds is 0. The van der Waals surface area contributed by atoms with E-state index >= 15 is 0 Å². The van der Waals surface area contributed by atoms with Crippen molar-refractivity contribution in [3.05, 3.63) is 0 Å². The first-order valence-corrected chi connectivity index (χ1v) is 5.23. The van der Waals surface area contributed by atoms with Gasteiger partial charge >= 0.3 is 0 Å². The number of hydrogen-bond donors (Lipinski definition) is 3. The second-order valence-corrected chi connectivity index (χ2v) is 5.18. The van der Waals surface area contributed by atoms with E-state index in [-0.39, 0.29) is 17.7 Å². The van der Waals surface area contributed by atoms with E-state index < -0.39 is 12.2 Å². The van der Waals surface area contributed by atoms with Gasteiger partial charge in [-0.25, -0.2) is 0 Å². The molecule has 2 heterocycles. The Hall–Kier alpha value is -0.160. The predicted molar refractivity (Wildman–Crippen MR) is 51.8 cm³/mol. The Labute approximate surface area is 84.2 Å². The average molecular weight is 201 g/mol. The summed E-state index contributed by atoms with van der Waals surface area (Å²) in [7, 11) is 0. The topological polar surface area (TPSA) is 63.9 Å². The van der Waals surface area contributed by atoms with Crippen molar-refractivity contribution in [2.45, 2.75) is 56.6 Å². The molecule has 2 fully saturated rings. The van der Waals surface area contributed by atoms with Gasteiger partial charge in [0.05, 0.1) is 18.3 Å². The molecule has 4 nitrogen and oxygen atoms in total. The molecule has 82 valence electrons. The van der Waals surface area contributed by atoms with Gasteiger partial charge in [-0.3, -0.25) is 4.90 Å². The molecule has 2 saturated heterocycles. The molecule has 0 spiro atoms. The molecule has 3 N–H and O–H groups in total. The van der Waals surface area contributed by atoms with Crippen LogP contribution in [0.2, 0.25) is 0 Å². The molecule has 0 amide bonds. The van der Waals surface area contributed by atoms with Crippen LogP contribution in [0.1, 0.15) is 26.7 Å². The van der Waals surface area contributed by atoms with Gasteiger partial charge in [-0.2, -0.15) is 0 Å². The number of piperidine rings is 1. The number of aliphatic hydroxyl groups excluding tert-OH is 3. The van der Waals surface area contributed by atoms with Gasteiger partial charge in [-0.15, -0.1) is 0 Å². The van der Waals surface area contributed by atoms with Gasteiger partial charge in [-0.1, -0.05) is 0 Å². The monoisotopic (exact) mass is 201 g/mol. The maximum Gasteiger partial charge on any atom is 0.0967 e. The zero-order valence-electron chi connectivity index (χ0n) is 8.72. The number of aliphatic hydroxyl groups is 3. The van der Waals surface area contributed by atoms with Crippen LogP contribution in [0, 0.1) is 0 Å². The Balaban J connectivity index is 2.21. The van der Waals surface area contributed by atoms with Gasteiger partial charge in [0.2, 0.25) is 0 Å². The molecule has 0 aliphatic carbocycles. The maximum atomic E-state index is 9.74. The summed E-state index contributed by atoms with van der Waals surface area (Å²) < 4.78 is 0. The minimum absolute atomic E-state index is 0.0799. The highest BCUT2D eigenvalue weighted by molar-refractivity contribution is 5.04. The fraction of sp³-hybridized carbons (Fsp3) is 1.00. The third-order valence-electron chi connectivity index (χ3n) is 3.60. The van der Waals surface area contributed by atoms with E-state index in [2.05, 4.69) is 4.90 Å². The van der Waals surface area contributed by atoms with E-state index in [4.69, 9.17) is 0 Å². The SMILES string of the molecule is CC1(C)C[C@H](O)C[C@@H]2[C@@H](O)[C@H](O)CN21. The molecule has 2 aliphatic rings. The largest absolute Gasteiger partial charge is 0.393 e. The summed E-state index contributed by atoms with van der Waals surface area (Å²) >= 11 is 0. The van der Waals surface area contributed by atoms with Crippen LogP contribution < -0.4 is 0 Å². The number of nitrogens with zero attached hydrogens (tertiary/aromatic N) is 1. The molecular formula is C10H19NO3. The fourth-order valence-electron chi connectivity index (χ4n) is 2.90. The second kappa shape index (κ2) is 3.17. The highest BCUT2D eigenvalue weighted by Gasteiger charge is 2.50. The van der Waals surface area contributed by atoms with Gasteiger partial charge in [0.25, 0.3) is 0 Å². The number of hydrogen-bond acceptors (Lipinski definition) is 4. The van der Waals surface area contributed by atoms with Crippen LogP contribution in [0.25, 0.3) is 0 Å². The van der Waals surface area contributed by atoms with Crippen molar-refractivity contribution in [3.63, 3.8) is 0 Å². The summed E-state index contributed by atoms with van der Waals surface area (Å²) in [5, 5.41) is 29.0. The van der Waals surface area contributed by atoms with Crippen LogP contribution in [0.15, 0.2) is 0 Å². The van der Waals surface area contributed by atoms with E-state index in [9.17, 15) is 15.3 Å². The van der Waals surface area contributed by atoms with Gasteiger partial charge in [0.15, 0.2) is 0 Å². The standard InChI is InChI=1S/C10H19NO3/c1-10(2)4-6(12)3-7-9(14)8(13)5-11(7)10/h6-9,12-14H,3-5H2,1-2H3/t6-,7-,8-,9-/m1/s1. The summed E-state index contributed by atoms with van der Waals surface area (Å²) in [5.41, 5.74) is -0.124. The van der Waals surface area contributed by atoms with Crippen molar-refractivity contribution in [1.29, 1.82) is 0 Å². The normalized spacial score (nSPS) is 47.8. The van der Waals surface area contributed by atoms with Gasteiger partial charge < -0.3 is 15.3 Å². The first-order valence-electron chi connectivity index (χ1n) is 5.23. The lowest BCUT2D eigenvalue weighted by atomic mass is 9.85. The molecule has 2 aliphatic heterocycles. The molecule has 0 radical (unpaired) electrons. The van der Waals surface area contributed by atoms with Crippen LogP contribution in [0.5, 0.6) is 0 Å². The van der Waals surface area contributed by atoms with E-state index in [0.29, 0.717) is 19.4 Å². The zero-order valence-corrected chi connectivity index (χ0v) is 8.72. The van der Waals surface area contributed by atoms with Crippen molar-refractivity contribution in [3.8, 4) is 0 Å². The molecule has 0 saturated carbocycles. The molecular weight excluding hydrogens is 182 g/mol. The third-order valence-corrected chi connectivity index (χ3v) is 3.60. The lowest BCUT2D eigenvalue weighted by molar-refractivity contribution is -0.0466. The van der Waals surface area contributed by atoms with Gasteiger partial charge in [-0.05, 0) is 26.7 Å². The van der Waals surface area contributed by atoms with Crippen molar-refractivity contribution in [2.24, 2.45) is 0 Å². The molecule has 4 heteroatoms. The minimum atomic E-state index is -0.704. The lowest BCUT2D eigenvalue weighted by Gasteiger charge is -2.46. The lowest BCUT2D eigenvalue weighted by Crippen LogP contribution is -2.55. The molecule has 0 aromatic carbocycles. The van der Waals surface area contributed by atoms with Crippen LogP contribution in [0.4, 0.5) is 0 Å². The first-order chi connectivity index (χ1) is 6.42. The van der Waals surface area contributed by atoms with E-state index in [1.54, 1.807) is 0 Å². The van der Waals surface area contributed by atoms with Crippen LogP contribution in [0.3, 0.4) is 0 Å². The van der Waals surface area contributed by atoms with Crippen molar-refractivity contribution < 1.29 is 15.3 Å². The summed E-state index contributed by atoms with van der Waals surface area (Å²) in [6.07, 6.45) is -0.440. The smallest absolute Gasteiger partial charge is 0.0967 e.